The summed E-state index contributed by atoms with van der Waals surface area (Å²) in [7, 11) is 0. The third kappa shape index (κ3) is 4.89. The molecule has 3 nitrogen and oxygen atoms in total. The van der Waals surface area contributed by atoms with Crippen LogP contribution in [0.1, 0.15) is 32.6 Å². The number of hydrogen-bond acceptors (Lipinski definition) is 2. The lowest BCUT2D eigenvalue weighted by Crippen LogP contribution is -2.41. The van der Waals surface area contributed by atoms with Crippen LogP contribution in [0, 0.1) is 17.8 Å². The molecule has 0 heterocycles. The first kappa shape index (κ1) is 18.1. The Hall–Kier alpha value is -2.73. The molecule has 0 aliphatic heterocycles. The highest BCUT2D eigenvalue weighted by molar-refractivity contribution is 5.95. The van der Waals surface area contributed by atoms with Crippen molar-refractivity contribution in [2.75, 3.05) is 6.61 Å². The van der Waals surface area contributed by atoms with Crippen molar-refractivity contribution in [1.82, 2.24) is 5.32 Å². The summed E-state index contributed by atoms with van der Waals surface area (Å²) in [5.41, 5.74) is 1.72. The van der Waals surface area contributed by atoms with Crippen molar-refractivity contribution in [3.05, 3.63) is 65.8 Å². The first-order chi connectivity index (χ1) is 12.8. The molecule has 2 aliphatic carbocycles. The zero-order chi connectivity index (χ0) is 18.2. The van der Waals surface area contributed by atoms with E-state index in [1.807, 2.05) is 48.6 Å². The smallest absolute Gasteiger partial charge is 0.248 e. The second-order valence-electron chi connectivity index (χ2n) is 6.62. The minimum Gasteiger partial charge on any atom is -0.481 e. The van der Waals surface area contributed by atoms with Crippen molar-refractivity contribution >= 4 is 5.91 Å². The molecule has 0 saturated heterocycles. The number of ether oxygens (including phenoxy) is 1. The minimum atomic E-state index is 0.0593. The molecule has 0 bridgehead atoms. The van der Waals surface area contributed by atoms with Gasteiger partial charge in [-0.15, -0.1) is 0 Å². The fraction of sp³-hybridized carbons (Fsp3) is 0.348. The van der Waals surface area contributed by atoms with E-state index in [9.17, 15) is 4.79 Å². The van der Waals surface area contributed by atoms with Crippen molar-refractivity contribution in [2.45, 2.75) is 38.6 Å². The van der Waals surface area contributed by atoms with Gasteiger partial charge in [0.15, 0.2) is 0 Å². The van der Waals surface area contributed by atoms with Gasteiger partial charge in [0.05, 0.1) is 0 Å². The molecule has 1 fully saturated rings. The molecule has 1 atom stereocenters. The van der Waals surface area contributed by atoms with E-state index < -0.39 is 0 Å². The monoisotopic (exact) mass is 347 g/mol. The zero-order valence-electron chi connectivity index (χ0n) is 15.2. The van der Waals surface area contributed by atoms with Crippen molar-refractivity contribution in [3.63, 3.8) is 0 Å². The van der Waals surface area contributed by atoms with Gasteiger partial charge in [-0.1, -0.05) is 49.1 Å². The predicted molar refractivity (Wildman–Crippen MR) is 105 cm³/mol. The fourth-order valence-corrected chi connectivity index (χ4v) is 2.96. The van der Waals surface area contributed by atoms with Crippen molar-refractivity contribution in [2.24, 2.45) is 5.92 Å². The topological polar surface area (TPSA) is 38.3 Å². The lowest BCUT2D eigenvalue weighted by atomic mass is 9.91. The van der Waals surface area contributed by atoms with Gasteiger partial charge in [-0.3, -0.25) is 4.79 Å². The van der Waals surface area contributed by atoms with Crippen LogP contribution in [0.4, 0.5) is 0 Å². The molecule has 1 saturated carbocycles. The van der Waals surface area contributed by atoms with Gasteiger partial charge in [0.25, 0.3) is 0 Å². The number of nitrogens with one attached hydrogen (secondary N) is 1. The normalized spacial score (nSPS) is 19.2. The molecule has 2 aliphatic rings. The molecular weight excluding hydrogens is 322 g/mol. The van der Waals surface area contributed by atoms with Crippen LogP contribution in [0.3, 0.4) is 0 Å². The summed E-state index contributed by atoms with van der Waals surface area (Å²) in [4.78, 5) is 12.5. The molecule has 3 heteroatoms. The van der Waals surface area contributed by atoms with Crippen LogP contribution >= 0.6 is 0 Å². The Labute approximate surface area is 155 Å². The number of carbonyl (C=O) groups excluding carboxylic acids is 1. The average molecular weight is 347 g/mol. The minimum absolute atomic E-state index is 0.0593. The molecule has 1 aromatic rings. The van der Waals surface area contributed by atoms with E-state index in [1.54, 1.807) is 0 Å². The Bertz CT molecular complexity index is 773. The van der Waals surface area contributed by atoms with Crippen LogP contribution in [-0.2, 0) is 4.79 Å². The van der Waals surface area contributed by atoms with Gasteiger partial charge in [0.1, 0.15) is 12.4 Å². The highest BCUT2D eigenvalue weighted by atomic mass is 16.5. The second kappa shape index (κ2) is 9.10. The molecule has 3 rings (SSSR count). The molecule has 134 valence electrons. The van der Waals surface area contributed by atoms with E-state index >= 15 is 0 Å². The van der Waals surface area contributed by atoms with Crippen LogP contribution in [0.15, 0.2) is 65.8 Å². The van der Waals surface area contributed by atoms with Crippen LogP contribution in [0.5, 0.6) is 5.75 Å². The Kier molecular flexibility index (Phi) is 6.33. The van der Waals surface area contributed by atoms with Crippen molar-refractivity contribution in [3.8, 4) is 17.6 Å². The van der Waals surface area contributed by atoms with Crippen LogP contribution < -0.4 is 10.1 Å². The van der Waals surface area contributed by atoms with E-state index in [0.29, 0.717) is 12.6 Å². The summed E-state index contributed by atoms with van der Waals surface area (Å²) in [6, 6.07) is 10.00. The summed E-state index contributed by atoms with van der Waals surface area (Å²) in [6.45, 7) is 2.44. The molecule has 1 unspecified atom stereocenters. The maximum absolute atomic E-state index is 12.5. The molecule has 26 heavy (non-hydrogen) atoms. The van der Waals surface area contributed by atoms with Crippen molar-refractivity contribution in [1.29, 1.82) is 0 Å². The van der Waals surface area contributed by atoms with Gasteiger partial charge in [0.2, 0.25) is 5.91 Å². The molecule has 0 aromatic heterocycles. The van der Waals surface area contributed by atoms with Crippen molar-refractivity contribution < 1.29 is 9.53 Å². The quantitative estimate of drug-likeness (QED) is 0.811. The zero-order valence-corrected chi connectivity index (χ0v) is 15.2. The Morgan fingerprint density at radius 1 is 1.23 bits per heavy atom. The van der Waals surface area contributed by atoms with E-state index in [-0.39, 0.29) is 11.8 Å². The van der Waals surface area contributed by atoms with Gasteiger partial charge in [-0.2, -0.15) is 0 Å². The summed E-state index contributed by atoms with van der Waals surface area (Å²) in [5.74, 6) is 7.16. The highest BCUT2D eigenvalue weighted by Crippen LogP contribution is 2.24. The van der Waals surface area contributed by atoms with Gasteiger partial charge in [-0.05, 0) is 50.0 Å². The summed E-state index contributed by atoms with van der Waals surface area (Å²) >= 11 is 0. The number of amides is 1. The number of carbonyl (C=O) groups is 1. The molecule has 1 N–H and O–H groups in total. The lowest BCUT2D eigenvalue weighted by Gasteiger charge is -2.27. The number of rotatable bonds is 5. The largest absolute Gasteiger partial charge is 0.481 e. The fourth-order valence-electron chi connectivity index (χ4n) is 2.96. The summed E-state index contributed by atoms with van der Waals surface area (Å²) in [5, 5.41) is 3.14. The van der Waals surface area contributed by atoms with E-state index in [4.69, 9.17) is 4.74 Å². The maximum Gasteiger partial charge on any atom is 0.248 e. The average Bonchev–Trinajstić information content (AvgIpc) is 2.85. The number of para-hydroxylation sites is 1. The van der Waals surface area contributed by atoms with Gasteiger partial charge in [0, 0.05) is 23.1 Å². The molecule has 0 radical (unpaired) electrons. The Morgan fingerprint density at radius 3 is 2.73 bits per heavy atom. The third-order valence-electron chi connectivity index (χ3n) is 4.78. The molecule has 1 amide bonds. The van der Waals surface area contributed by atoms with Crippen LogP contribution in [0.2, 0.25) is 0 Å². The Balaban J connectivity index is 1.63. The van der Waals surface area contributed by atoms with Gasteiger partial charge >= 0.3 is 0 Å². The van der Waals surface area contributed by atoms with Gasteiger partial charge in [-0.25, -0.2) is 0 Å². The second-order valence-corrected chi connectivity index (χ2v) is 6.62. The van der Waals surface area contributed by atoms with E-state index in [0.717, 1.165) is 36.2 Å². The predicted octanol–water partition coefficient (Wildman–Crippen LogP) is 4.19. The third-order valence-corrected chi connectivity index (χ3v) is 4.78. The molecule has 1 aromatic carbocycles. The standard InChI is InChI=1S/C23H25NO2/c1-2-19-15-13-18(8-7-17-26-21-11-4-3-5-12-21)14-16-22(19)23(25)24-20-9-6-10-20/h3-5,11-16,19-20H,2,6,9-10,17H2,1H3,(H,24,25). The van der Waals surface area contributed by atoms with E-state index in [2.05, 4.69) is 30.2 Å². The van der Waals surface area contributed by atoms with Crippen LogP contribution in [0.25, 0.3) is 0 Å². The number of hydrogen-bond donors (Lipinski definition) is 1. The molecule has 0 spiro atoms. The van der Waals surface area contributed by atoms with Crippen LogP contribution in [-0.4, -0.2) is 18.6 Å². The SMILES string of the molecule is CCC1C=CC(C#CCOc2ccccc2)=CC=C1C(=O)NC1CCC1. The first-order valence-corrected chi connectivity index (χ1v) is 9.34. The summed E-state index contributed by atoms with van der Waals surface area (Å²) < 4.78 is 5.59. The molecular formula is C23H25NO2. The maximum atomic E-state index is 12.5. The Morgan fingerprint density at radius 2 is 2.04 bits per heavy atom. The lowest BCUT2D eigenvalue weighted by molar-refractivity contribution is -0.119. The number of allylic oxidation sites excluding steroid dienone is 5. The van der Waals surface area contributed by atoms with Gasteiger partial charge < -0.3 is 10.1 Å². The van der Waals surface area contributed by atoms with E-state index in [1.165, 1.54) is 6.42 Å². The first-order valence-electron chi connectivity index (χ1n) is 9.34. The highest BCUT2D eigenvalue weighted by Gasteiger charge is 2.24. The number of benzene rings is 1. The summed E-state index contributed by atoms with van der Waals surface area (Å²) in [6.07, 6.45) is 12.2.